The number of hydrogen-bond donors (Lipinski definition) is 2. The highest BCUT2D eigenvalue weighted by Gasteiger charge is 2.38. The lowest BCUT2D eigenvalue weighted by molar-refractivity contribution is 0.0985. The van der Waals surface area contributed by atoms with Gasteiger partial charge in [-0.3, -0.25) is 4.90 Å². The third-order valence-electron chi connectivity index (χ3n) is 4.22. The van der Waals surface area contributed by atoms with E-state index in [1.165, 1.54) is 19.3 Å². The van der Waals surface area contributed by atoms with Crippen LogP contribution >= 0.6 is 0 Å². The number of rotatable bonds is 3. The third-order valence-corrected chi connectivity index (χ3v) is 4.22. The van der Waals surface area contributed by atoms with E-state index in [1.807, 2.05) is 0 Å². The van der Waals surface area contributed by atoms with Gasteiger partial charge in [0.2, 0.25) is 0 Å². The summed E-state index contributed by atoms with van der Waals surface area (Å²) in [6.45, 7) is 1.84. The average Bonchev–Trinajstić information content (AvgIpc) is 2.59. The largest absolute Gasteiger partial charge is 0.392 e. The molecule has 1 aliphatic carbocycles. The van der Waals surface area contributed by atoms with Crippen molar-refractivity contribution in [3.05, 3.63) is 0 Å². The second-order valence-corrected chi connectivity index (χ2v) is 6.02. The Morgan fingerprint density at radius 3 is 2.65 bits per heavy atom. The molecule has 4 unspecified atom stereocenters. The van der Waals surface area contributed by atoms with Gasteiger partial charge in [0.1, 0.15) is 0 Å². The molecule has 1 heterocycles. The van der Waals surface area contributed by atoms with E-state index in [4.69, 9.17) is 5.73 Å². The van der Waals surface area contributed by atoms with Crippen molar-refractivity contribution in [2.24, 2.45) is 5.73 Å². The molecule has 1 saturated heterocycles. The highest BCUT2D eigenvalue weighted by molar-refractivity contribution is 4.95. The van der Waals surface area contributed by atoms with Crippen LogP contribution in [0.3, 0.4) is 0 Å². The predicted molar refractivity (Wildman–Crippen MR) is 69.9 cm³/mol. The first-order valence-corrected chi connectivity index (χ1v) is 6.92. The summed E-state index contributed by atoms with van der Waals surface area (Å²) in [6, 6.07) is 1.28. The summed E-state index contributed by atoms with van der Waals surface area (Å²) in [5, 5.41) is 9.90. The molecular weight excluding hydrogens is 214 g/mol. The molecule has 1 saturated carbocycles. The molecule has 17 heavy (non-hydrogen) atoms. The smallest absolute Gasteiger partial charge is 0.0682 e. The van der Waals surface area contributed by atoms with Crippen LogP contribution in [0.5, 0.6) is 0 Å². The van der Waals surface area contributed by atoms with Gasteiger partial charge in [-0.25, -0.2) is 0 Å². The Morgan fingerprint density at radius 2 is 2.00 bits per heavy atom. The molecule has 0 radical (unpaired) electrons. The molecular formula is C13H27N3O. The van der Waals surface area contributed by atoms with E-state index >= 15 is 0 Å². The van der Waals surface area contributed by atoms with Crippen LogP contribution in [0.15, 0.2) is 0 Å². The molecule has 100 valence electrons. The van der Waals surface area contributed by atoms with Gasteiger partial charge in [0.05, 0.1) is 6.10 Å². The minimum atomic E-state index is -0.158. The van der Waals surface area contributed by atoms with Crippen LogP contribution in [0.1, 0.15) is 32.1 Å². The standard InChI is InChI=1S/C13H27N3O/c1-15(2)8-10-7-11(17)9-16(10)13-6-4-3-5-12(13)14/h10-13,17H,3-9,14H2,1-2H3. The molecule has 4 nitrogen and oxygen atoms in total. The summed E-state index contributed by atoms with van der Waals surface area (Å²) in [4.78, 5) is 4.69. The van der Waals surface area contributed by atoms with Crippen LogP contribution in [0.4, 0.5) is 0 Å². The van der Waals surface area contributed by atoms with Crippen LogP contribution < -0.4 is 5.73 Å². The zero-order valence-electron chi connectivity index (χ0n) is 11.2. The molecule has 2 fully saturated rings. The number of aliphatic hydroxyl groups is 1. The molecule has 2 aliphatic rings. The van der Waals surface area contributed by atoms with Crippen molar-refractivity contribution in [2.75, 3.05) is 27.2 Å². The minimum Gasteiger partial charge on any atom is -0.392 e. The molecule has 0 aromatic rings. The van der Waals surface area contributed by atoms with Crippen molar-refractivity contribution >= 4 is 0 Å². The molecule has 1 aliphatic heterocycles. The zero-order chi connectivity index (χ0) is 12.4. The van der Waals surface area contributed by atoms with Crippen LogP contribution in [-0.4, -0.2) is 66.3 Å². The Labute approximate surface area is 105 Å². The lowest BCUT2D eigenvalue weighted by atomic mass is 9.89. The summed E-state index contributed by atoms with van der Waals surface area (Å²) >= 11 is 0. The summed E-state index contributed by atoms with van der Waals surface area (Å²) in [7, 11) is 4.20. The number of nitrogens with two attached hydrogens (primary N) is 1. The van der Waals surface area contributed by atoms with Gasteiger partial charge in [-0.2, -0.15) is 0 Å². The predicted octanol–water partition coefficient (Wildman–Crippen LogP) is 0.253. The SMILES string of the molecule is CN(C)CC1CC(O)CN1C1CCCCC1N. The Hall–Kier alpha value is -0.160. The lowest BCUT2D eigenvalue weighted by Crippen LogP contribution is -2.53. The fourth-order valence-corrected chi connectivity index (χ4v) is 3.48. The topological polar surface area (TPSA) is 52.7 Å². The van der Waals surface area contributed by atoms with E-state index in [0.29, 0.717) is 18.1 Å². The molecule has 0 aromatic carbocycles. The van der Waals surface area contributed by atoms with Crippen molar-refractivity contribution in [3.63, 3.8) is 0 Å². The number of nitrogens with zero attached hydrogens (tertiary/aromatic N) is 2. The maximum absolute atomic E-state index is 9.90. The van der Waals surface area contributed by atoms with E-state index in [0.717, 1.165) is 25.9 Å². The van der Waals surface area contributed by atoms with Gasteiger partial charge in [0, 0.05) is 31.2 Å². The van der Waals surface area contributed by atoms with Gasteiger partial charge >= 0.3 is 0 Å². The van der Waals surface area contributed by atoms with Gasteiger partial charge in [-0.1, -0.05) is 12.8 Å². The quantitative estimate of drug-likeness (QED) is 0.744. The summed E-state index contributed by atoms with van der Waals surface area (Å²) < 4.78 is 0. The van der Waals surface area contributed by atoms with Crippen molar-refractivity contribution < 1.29 is 5.11 Å². The molecule has 3 N–H and O–H groups in total. The summed E-state index contributed by atoms with van der Waals surface area (Å²) in [5.41, 5.74) is 6.26. The Bertz CT molecular complexity index is 247. The van der Waals surface area contributed by atoms with Crippen LogP contribution in [0.2, 0.25) is 0 Å². The van der Waals surface area contributed by atoms with E-state index in [1.54, 1.807) is 0 Å². The van der Waals surface area contributed by atoms with E-state index in [9.17, 15) is 5.11 Å². The maximum atomic E-state index is 9.90. The number of aliphatic hydroxyl groups excluding tert-OH is 1. The minimum absolute atomic E-state index is 0.158. The normalized spacial score (nSPS) is 40.1. The van der Waals surface area contributed by atoms with Crippen LogP contribution in [0.25, 0.3) is 0 Å². The zero-order valence-corrected chi connectivity index (χ0v) is 11.2. The van der Waals surface area contributed by atoms with Crippen molar-refractivity contribution in [2.45, 2.75) is 56.3 Å². The molecule has 2 rings (SSSR count). The highest BCUT2D eigenvalue weighted by Crippen LogP contribution is 2.29. The molecule has 0 spiro atoms. The average molecular weight is 241 g/mol. The Morgan fingerprint density at radius 1 is 1.29 bits per heavy atom. The van der Waals surface area contributed by atoms with Crippen LogP contribution in [0, 0.1) is 0 Å². The third kappa shape index (κ3) is 3.19. The lowest BCUT2D eigenvalue weighted by Gasteiger charge is -2.40. The first-order chi connectivity index (χ1) is 8.08. The van der Waals surface area contributed by atoms with Gasteiger partial charge < -0.3 is 15.7 Å². The van der Waals surface area contributed by atoms with Gasteiger partial charge in [0.25, 0.3) is 0 Å². The molecule has 0 amide bonds. The van der Waals surface area contributed by atoms with Crippen LogP contribution in [-0.2, 0) is 0 Å². The number of β-amino-alcohol motifs (C(OH)–C–C–N with tert-alkyl or cyclic N) is 1. The van der Waals surface area contributed by atoms with Gasteiger partial charge in [0.15, 0.2) is 0 Å². The summed E-state index contributed by atoms with van der Waals surface area (Å²) in [6.07, 6.45) is 5.66. The van der Waals surface area contributed by atoms with Gasteiger partial charge in [-0.05, 0) is 33.4 Å². The number of likely N-dealkylation sites (N-methyl/N-ethyl adjacent to an activating group) is 1. The molecule has 4 heteroatoms. The number of likely N-dealkylation sites (tertiary alicyclic amines) is 1. The number of hydrogen-bond acceptors (Lipinski definition) is 4. The Kier molecular flexibility index (Phi) is 4.42. The summed E-state index contributed by atoms with van der Waals surface area (Å²) in [5.74, 6) is 0. The highest BCUT2D eigenvalue weighted by atomic mass is 16.3. The van der Waals surface area contributed by atoms with E-state index in [-0.39, 0.29) is 6.10 Å². The second-order valence-electron chi connectivity index (χ2n) is 6.02. The van der Waals surface area contributed by atoms with Crippen molar-refractivity contribution in [1.29, 1.82) is 0 Å². The second kappa shape index (κ2) is 5.65. The van der Waals surface area contributed by atoms with E-state index < -0.39 is 0 Å². The van der Waals surface area contributed by atoms with Gasteiger partial charge in [-0.15, -0.1) is 0 Å². The monoisotopic (exact) mass is 241 g/mol. The molecule has 0 bridgehead atoms. The van der Waals surface area contributed by atoms with Crippen molar-refractivity contribution in [3.8, 4) is 0 Å². The fourth-order valence-electron chi connectivity index (χ4n) is 3.48. The molecule has 0 aromatic heterocycles. The fraction of sp³-hybridized carbons (Fsp3) is 1.00. The van der Waals surface area contributed by atoms with Crippen molar-refractivity contribution in [1.82, 2.24) is 9.80 Å². The van der Waals surface area contributed by atoms with E-state index in [2.05, 4.69) is 23.9 Å². The molecule has 4 atom stereocenters. The maximum Gasteiger partial charge on any atom is 0.0682 e. The first-order valence-electron chi connectivity index (χ1n) is 6.92. The Balaban J connectivity index is 2.00. The first kappa shape index (κ1) is 13.3.